The number of fused-ring (bicyclic) bond motifs is 1. The number of pyridine rings is 2. The lowest BCUT2D eigenvalue weighted by Gasteiger charge is -2.11. The van der Waals surface area contributed by atoms with Crippen LogP contribution in [0.3, 0.4) is 0 Å². The molecule has 2 heterocycles. The van der Waals surface area contributed by atoms with Gasteiger partial charge in [-0.2, -0.15) is 0 Å². The van der Waals surface area contributed by atoms with Gasteiger partial charge in [0.1, 0.15) is 5.82 Å². The van der Waals surface area contributed by atoms with Crippen molar-refractivity contribution in [2.45, 2.75) is 13.5 Å². The second kappa shape index (κ2) is 6.02. The molecule has 6 nitrogen and oxygen atoms in total. The number of carboxylic acid groups (broad SMARTS) is 1. The lowest BCUT2D eigenvalue weighted by molar-refractivity contribution is 0.209. The van der Waals surface area contributed by atoms with Gasteiger partial charge in [-0.05, 0) is 41.6 Å². The molecule has 3 N–H and O–H groups in total. The molecule has 0 saturated heterocycles. The third-order valence-electron chi connectivity index (χ3n) is 3.63. The van der Waals surface area contributed by atoms with Gasteiger partial charge < -0.3 is 10.2 Å². The summed E-state index contributed by atoms with van der Waals surface area (Å²) in [7, 11) is 0. The Labute approximate surface area is 132 Å². The van der Waals surface area contributed by atoms with Crippen LogP contribution in [0.1, 0.15) is 11.3 Å². The summed E-state index contributed by atoms with van der Waals surface area (Å²) >= 11 is 0. The van der Waals surface area contributed by atoms with E-state index in [4.69, 9.17) is 5.11 Å². The summed E-state index contributed by atoms with van der Waals surface area (Å²) in [4.78, 5) is 19.0. The van der Waals surface area contributed by atoms with E-state index >= 15 is 0 Å². The molecule has 116 valence electrons. The van der Waals surface area contributed by atoms with Gasteiger partial charge in [0.2, 0.25) is 0 Å². The van der Waals surface area contributed by atoms with Crippen molar-refractivity contribution in [2.75, 3.05) is 5.32 Å². The van der Waals surface area contributed by atoms with E-state index in [1.165, 1.54) is 0 Å². The molecule has 0 aliphatic rings. The zero-order valence-corrected chi connectivity index (χ0v) is 12.4. The molecule has 1 amide bonds. The molecule has 3 aromatic rings. The number of aliphatic hydroxyl groups is 1. The minimum absolute atomic E-state index is 0.130. The molecule has 1 aromatic carbocycles. The van der Waals surface area contributed by atoms with E-state index in [-0.39, 0.29) is 12.4 Å². The van der Waals surface area contributed by atoms with Crippen molar-refractivity contribution in [2.24, 2.45) is 0 Å². The van der Waals surface area contributed by atoms with Crippen molar-refractivity contribution in [1.29, 1.82) is 0 Å². The zero-order chi connectivity index (χ0) is 16.4. The second-order valence-electron chi connectivity index (χ2n) is 5.17. The summed E-state index contributed by atoms with van der Waals surface area (Å²) in [5, 5.41) is 22.2. The van der Waals surface area contributed by atoms with Crippen LogP contribution < -0.4 is 5.32 Å². The SMILES string of the molecule is Cc1ccnc(CO)c1-c1ccc2cc(NC(=O)O)ncc2c1. The Morgan fingerprint density at radius 1 is 1.17 bits per heavy atom. The van der Waals surface area contributed by atoms with Gasteiger partial charge in [0.25, 0.3) is 0 Å². The molecule has 2 aromatic heterocycles. The molecular formula is C17H15N3O3. The fraction of sp³-hybridized carbons (Fsp3) is 0.118. The number of anilines is 1. The predicted octanol–water partition coefficient (Wildman–Crippen LogP) is 3.19. The van der Waals surface area contributed by atoms with Crippen molar-refractivity contribution in [1.82, 2.24) is 9.97 Å². The van der Waals surface area contributed by atoms with Gasteiger partial charge in [0.15, 0.2) is 0 Å². The Bertz CT molecular complexity index is 893. The molecule has 0 aliphatic carbocycles. The topological polar surface area (TPSA) is 95.3 Å². The third kappa shape index (κ3) is 2.97. The highest BCUT2D eigenvalue weighted by Gasteiger charge is 2.10. The number of aryl methyl sites for hydroxylation is 1. The molecule has 0 unspecified atom stereocenters. The Hall–Kier alpha value is -2.99. The first-order valence-corrected chi connectivity index (χ1v) is 7.04. The molecule has 0 bridgehead atoms. The fourth-order valence-corrected chi connectivity index (χ4v) is 2.60. The Kier molecular flexibility index (Phi) is 3.91. The highest BCUT2D eigenvalue weighted by molar-refractivity contribution is 5.91. The van der Waals surface area contributed by atoms with Crippen LogP contribution in [0, 0.1) is 6.92 Å². The number of nitrogens with one attached hydrogen (secondary N) is 1. The van der Waals surface area contributed by atoms with E-state index in [9.17, 15) is 9.90 Å². The van der Waals surface area contributed by atoms with Crippen molar-refractivity contribution in [3.63, 3.8) is 0 Å². The Morgan fingerprint density at radius 3 is 2.74 bits per heavy atom. The summed E-state index contributed by atoms with van der Waals surface area (Å²) in [6.07, 6.45) is 2.15. The number of aromatic nitrogens is 2. The number of carbonyl (C=O) groups is 1. The molecule has 0 radical (unpaired) electrons. The first-order valence-electron chi connectivity index (χ1n) is 7.04. The minimum Gasteiger partial charge on any atom is -0.465 e. The second-order valence-corrected chi connectivity index (χ2v) is 5.17. The number of nitrogens with zero attached hydrogens (tertiary/aromatic N) is 2. The van der Waals surface area contributed by atoms with Crippen molar-refractivity contribution in [3.8, 4) is 11.1 Å². The maximum Gasteiger partial charge on any atom is 0.410 e. The summed E-state index contributed by atoms with van der Waals surface area (Å²) in [6.45, 7) is 1.84. The normalized spacial score (nSPS) is 10.7. The Morgan fingerprint density at radius 2 is 2.00 bits per heavy atom. The smallest absolute Gasteiger partial charge is 0.410 e. The minimum atomic E-state index is -1.15. The van der Waals surface area contributed by atoms with Crippen LogP contribution in [0.5, 0.6) is 0 Å². The van der Waals surface area contributed by atoms with E-state index in [2.05, 4.69) is 15.3 Å². The molecule has 23 heavy (non-hydrogen) atoms. The molecule has 0 aliphatic heterocycles. The number of rotatable bonds is 3. The third-order valence-corrected chi connectivity index (χ3v) is 3.63. The maximum absolute atomic E-state index is 10.7. The number of amides is 1. The summed E-state index contributed by atoms with van der Waals surface area (Å²) in [6, 6.07) is 9.35. The van der Waals surface area contributed by atoms with Crippen LogP contribution in [0.2, 0.25) is 0 Å². The van der Waals surface area contributed by atoms with Crippen LogP contribution in [-0.4, -0.2) is 26.3 Å². The van der Waals surface area contributed by atoms with Crippen molar-refractivity contribution < 1.29 is 15.0 Å². The summed E-state index contributed by atoms with van der Waals surface area (Å²) in [5.41, 5.74) is 3.50. The fourth-order valence-electron chi connectivity index (χ4n) is 2.60. The first kappa shape index (κ1) is 14.9. The number of aliphatic hydroxyl groups excluding tert-OH is 1. The lowest BCUT2D eigenvalue weighted by atomic mass is 9.97. The molecule has 6 heteroatoms. The van der Waals surface area contributed by atoms with E-state index < -0.39 is 6.09 Å². The average Bonchev–Trinajstić information content (AvgIpc) is 2.53. The average molecular weight is 309 g/mol. The number of hydrogen-bond acceptors (Lipinski definition) is 4. The standard InChI is InChI=1S/C17H15N3O3/c1-10-4-5-18-14(9-21)16(10)12-3-2-11-7-15(20-17(22)23)19-8-13(11)6-12/h2-8,21H,9H2,1H3,(H,19,20)(H,22,23). The van der Waals surface area contributed by atoms with Crippen LogP contribution >= 0.6 is 0 Å². The van der Waals surface area contributed by atoms with Gasteiger partial charge in [-0.15, -0.1) is 0 Å². The molecule has 3 rings (SSSR count). The monoisotopic (exact) mass is 309 g/mol. The highest BCUT2D eigenvalue weighted by Crippen LogP contribution is 2.29. The molecular weight excluding hydrogens is 294 g/mol. The summed E-state index contributed by atoms with van der Waals surface area (Å²) < 4.78 is 0. The van der Waals surface area contributed by atoms with Crippen LogP contribution in [0.4, 0.5) is 10.6 Å². The van der Waals surface area contributed by atoms with E-state index in [1.807, 2.05) is 31.2 Å². The van der Waals surface area contributed by atoms with Crippen LogP contribution in [-0.2, 0) is 6.61 Å². The summed E-state index contributed by atoms with van der Waals surface area (Å²) in [5.74, 6) is 0.284. The van der Waals surface area contributed by atoms with Gasteiger partial charge >= 0.3 is 6.09 Å². The Balaban J connectivity index is 2.09. The zero-order valence-electron chi connectivity index (χ0n) is 12.4. The molecule has 0 fully saturated rings. The van der Waals surface area contributed by atoms with Crippen molar-refractivity contribution in [3.05, 3.63) is 54.0 Å². The van der Waals surface area contributed by atoms with Crippen LogP contribution in [0.15, 0.2) is 42.7 Å². The van der Waals surface area contributed by atoms with Gasteiger partial charge in [0, 0.05) is 23.3 Å². The molecule has 0 spiro atoms. The van der Waals surface area contributed by atoms with Crippen LogP contribution in [0.25, 0.3) is 21.9 Å². The maximum atomic E-state index is 10.7. The predicted molar refractivity (Wildman–Crippen MR) is 87.3 cm³/mol. The lowest BCUT2D eigenvalue weighted by Crippen LogP contribution is -2.08. The van der Waals surface area contributed by atoms with Gasteiger partial charge in [-0.1, -0.05) is 12.1 Å². The molecule has 0 atom stereocenters. The van der Waals surface area contributed by atoms with Gasteiger partial charge in [0.05, 0.1) is 12.3 Å². The van der Waals surface area contributed by atoms with E-state index in [0.29, 0.717) is 5.69 Å². The number of hydrogen-bond donors (Lipinski definition) is 3. The first-order chi connectivity index (χ1) is 11.1. The molecule has 0 saturated carbocycles. The van der Waals surface area contributed by atoms with Gasteiger partial charge in [-0.25, -0.2) is 9.78 Å². The highest BCUT2D eigenvalue weighted by atomic mass is 16.4. The van der Waals surface area contributed by atoms with E-state index in [1.54, 1.807) is 18.5 Å². The van der Waals surface area contributed by atoms with Crippen molar-refractivity contribution >= 4 is 22.7 Å². The van der Waals surface area contributed by atoms with E-state index in [0.717, 1.165) is 27.5 Å². The van der Waals surface area contributed by atoms with Gasteiger partial charge in [-0.3, -0.25) is 10.3 Å². The number of benzene rings is 1. The largest absolute Gasteiger partial charge is 0.465 e. The quantitative estimate of drug-likeness (QED) is 0.690.